The van der Waals surface area contributed by atoms with E-state index < -0.39 is 38.6 Å². The molecular formula is C6H10F3NO3S2. The Morgan fingerprint density at radius 3 is 2.27 bits per heavy atom. The van der Waals surface area contributed by atoms with E-state index in [1.54, 1.807) is 0 Å². The van der Waals surface area contributed by atoms with E-state index in [0.717, 1.165) is 0 Å². The zero-order valence-electron chi connectivity index (χ0n) is 7.44. The van der Waals surface area contributed by atoms with Crippen molar-refractivity contribution in [3.05, 3.63) is 0 Å². The molecule has 0 radical (unpaired) electrons. The van der Waals surface area contributed by atoms with Crippen LogP contribution in [0.4, 0.5) is 13.2 Å². The average Bonchev–Trinajstić information content (AvgIpc) is 1.99. The summed E-state index contributed by atoms with van der Waals surface area (Å²) in [5, 5.41) is -4.16. The van der Waals surface area contributed by atoms with Crippen LogP contribution in [-0.4, -0.2) is 35.0 Å². The number of halogens is 3. The fourth-order valence-corrected chi connectivity index (χ4v) is 3.76. The van der Waals surface area contributed by atoms with Gasteiger partial charge in [-0.3, -0.25) is 4.55 Å². The van der Waals surface area contributed by atoms with Crippen LogP contribution >= 0.6 is 11.8 Å². The Balaban J connectivity index is 2.82. The van der Waals surface area contributed by atoms with E-state index in [1.807, 2.05) is 0 Å². The highest BCUT2D eigenvalue weighted by atomic mass is 32.2. The lowest BCUT2D eigenvalue weighted by Gasteiger charge is -2.32. The molecule has 1 fully saturated rings. The summed E-state index contributed by atoms with van der Waals surface area (Å²) < 4.78 is 67.1. The fourth-order valence-electron chi connectivity index (χ4n) is 1.37. The summed E-state index contributed by atoms with van der Waals surface area (Å²) in [6, 6.07) is 0. The minimum atomic E-state index is -4.49. The lowest BCUT2D eigenvalue weighted by Crippen LogP contribution is -2.43. The van der Waals surface area contributed by atoms with Gasteiger partial charge in [-0.2, -0.15) is 21.6 Å². The van der Waals surface area contributed by atoms with E-state index in [9.17, 15) is 21.6 Å². The van der Waals surface area contributed by atoms with E-state index in [2.05, 4.69) is 0 Å². The lowest BCUT2D eigenvalue weighted by molar-refractivity contribution is -0.130. The fraction of sp³-hybridized carbons (Fsp3) is 1.00. The largest absolute Gasteiger partial charge is 0.400 e. The Kier molecular flexibility index (Phi) is 3.59. The van der Waals surface area contributed by atoms with Crippen LogP contribution in [0.5, 0.6) is 0 Å². The van der Waals surface area contributed by atoms with E-state index in [0.29, 0.717) is 11.8 Å². The Morgan fingerprint density at radius 1 is 1.33 bits per heavy atom. The minimum absolute atomic E-state index is 0.157. The van der Waals surface area contributed by atoms with Gasteiger partial charge in [0.1, 0.15) is 5.25 Å². The molecular weight excluding hydrogens is 255 g/mol. The lowest BCUT2D eigenvalue weighted by atomic mass is 10.1. The van der Waals surface area contributed by atoms with E-state index in [1.165, 1.54) is 0 Å². The van der Waals surface area contributed by atoms with Crippen LogP contribution in [0.25, 0.3) is 0 Å². The van der Waals surface area contributed by atoms with Gasteiger partial charge in [0.25, 0.3) is 10.1 Å². The molecule has 1 saturated heterocycles. The first-order valence-corrected chi connectivity index (χ1v) is 6.49. The van der Waals surface area contributed by atoms with Gasteiger partial charge in [-0.15, -0.1) is 11.8 Å². The zero-order valence-corrected chi connectivity index (χ0v) is 9.07. The second-order valence-corrected chi connectivity index (χ2v) is 6.46. The molecule has 3 N–H and O–H groups in total. The van der Waals surface area contributed by atoms with Crippen molar-refractivity contribution in [2.75, 3.05) is 0 Å². The smallest absolute Gasteiger partial charge is 0.319 e. The van der Waals surface area contributed by atoms with Gasteiger partial charge in [-0.05, 0) is 12.8 Å². The van der Waals surface area contributed by atoms with Crippen LogP contribution < -0.4 is 5.73 Å². The zero-order chi connectivity index (χ0) is 11.9. The summed E-state index contributed by atoms with van der Waals surface area (Å²) in [7, 11) is -4.45. The molecule has 1 aliphatic rings. The number of nitrogens with two attached hydrogens (primary N) is 1. The third-order valence-corrected chi connectivity index (χ3v) is 4.66. The van der Waals surface area contributed by atoms with Gasteiger partial charge in [-0.25, -0.2) is 0 Å². The summed E-state index contributed by atoms with van der Waals surface area (Å²) in [5.74, 6) is 0. The van der Waals surface area contributed by atoms with Gasteiger partial charge in [0.2, 0.25) is 0 Å². The van der Waals surface area contributed by atoms with Crippen molar-refractivity contribution in [1.82, 2.24) is 0 Å². The molecule has 4 nitrogen and oxygen atoms in total. The van der Waals surface area contributed by atoms with Crippen molar-refractivity contribution >= 4 is 21.9 Å². The summed E-state index contributed by atoms with van der Waals surface area (Å²) in [5.41, 5.74) is 5.30. The third-order valence-electron chi connectivity index (χ3n) is 2.10. The van der Waals surface area contributed by atoms with E-state index >= 15 is 0 Å². The van der Waals surface area contributed by atoms with Crippen LogP contribution in [0.15, 0.2) is 0 Å². The molecule has 0 saturated carbocycles. The SMILES string of the molecule is NC1CC(S(=O)(=O)O)CC(C(F)(F)F)S1. The van der Waals surface area contributed by atoms with Crippen molar-refractivity contribution in [1.29, 1.82) is 0 Å². The molecule has 9 heteroatoms. The molecule has 1 aliphatic heterocycles. The highest BCUT2D eigenvalue weighted by molar-refractivity contribution is 8.00. The van der Waals surface area contributed by atoms with Gasteiger partial charge < -0.3 is 5.73 Å². The monoisotopic (exact) mass is 265 g/mol. The van der Waals surface area contributed by atoms with Gasteiger partial charge in [0.15, 0.2) is 0 Å². The topological polar surface area (TPSA) is 80.4 Å². The normalized spacial score (nSPS) is 34.1. The first kappa shape index (κ1) is 13.1. The van der Waals surface area contributed by atoms with Gasteiger partial charge >= 0.3 is 6.18 Å². The molecule has 0 aliphatic carbocycles. The molecule has 0 spiro atoms. The van der Waals surface area contributed by atoms with Gasteiger partial charge in [-0.1, -0.05) is 0 Å². The van der Waals surface area contributed by atoms with Crippen LogP contribution in [0.1, 0.15) is 12.8 Å². The predicted octanol–water partition coefficient (Wildman–Crippen LogP) is 0.986. The number of rotatable bonds is 1. The van der Waals surface area contributed by atoms with E-state index in [-0.39, 0.29) is 6.42 Å². The van der Waals surface area contributed by atoms with Crippen molar-refractivity contribution < 1.29 is 26.1 Å². The Bertz CT molecular complexity index is 329. The molecule has 0 aromatic heterocycles. The van der Waals surface area contributed by atoms with Crippen molar-refractivity contribution in [2.24, 2.45) is 5.73 Å². The maximum absolute atomic E-state index is 12.3. The van der Waals surface area contributed by atoms with Crippen molar-refractivity contribution in [3.8, 4) is 0 Å². The number of hydrogen-bond donors (Lipinski definition) is 2. The molecule has 0 bridgehead atoms. The summed E-state index contributed by atoms with van der Waals surface area (Å²) in [6.07, 6.45) is -5.29. The van der Waals surface area contributed by atoms with Crippen LogP contribution in [0.3, 0.4) is 0 Å². The molecule has 3 unspecified atom stereocenters. The standard InChI is InChI=1S/C6H10F3NO3S2/c7-6(8,9)4-1-3(15(11,12)13)2-5(10)14-4/h3-5H,1-2,10H2,(H,11,12,13). The summed E-state index contributed by atoms with van der Waals surface area (Å²) >= 11 is 0.490. The van der Waals surface area contributed by atoms with Crippen LogP contribution in [0, 0.1) is 0 Å². The van der Waals surface area contributed by atoms with E-state index in [4.69, 9.17) is 10.3 Å². The Morgan fingerprint density at radius 2 is 1.87 bits per heavy atom. The minimum Gasteiger partial charge on any atom is -0.319 e. The number of hydrogen-bond acceptors (Lipinski definition) is 4. The molecule has 1 rings (SSSR count). The Labute approximate surface area is 89.1 Å². The molecule has 90 valence electrons. The van der Waals surface area contributed by atoms with Crippen LogP contribution in [-0.2, 0) is 10.1 Å². The number of thioether (sulfide) groups is 1. The summed E-state index contributed by atoms with van der Waals surface area (Å²) in [4.78, 5) is 0. The first-order valence-electron chi connectivity index (χ1n) is 4.04. The van der Waals surface area contributed by atoms with Crippen LogP contribution in [0.2, 0.25) is 0 Å². The molecule has 0 aromatic carbocycles. The van der Waals surface area contributed by atoms with Gasteiger partial charge in [0.05, 0.1) is 10.6 Å². The maximum Gasteiger partial charge on any atom is 0.400 e. The highest BCUT2D eigenvalue weighted by Crippen LogP contribution is 2.41. The number of alkyl halides is 3. The maximum atomic E-state index is 12.3. The molecule has 3 atom stereocenters. The predicted molar refractivity (Wildman–Crippen MR) is 50.0 cm³/mol. The molecule has 15 heavy (non-hydrogen) atoms. The molecule has 0 amide bonds. The quantitative estimate of drug-likeness (QED) is 0.691. The molecule has 0 aromatic rings. The molecule has 1 heterocycles. The highest BCUT2D eigenvalue weighted by Gasteiger charge is 2.47. The summed E-state index contributed by atoms with van der Waals surface area (Å²) in [6.45, 7) is 0. The van der Waals surface area contributed by atoms with Crippen molar-refractivity contribution in [2.45, 2.75) is 34.9 Å². The average molecular weight is 265 g/mol. The third kappa shape index (κ3) is 3.51. The Hall–Kier alpha value is 0.01000. The van der Waals surface area contributed by atoms with Crippen molar-refractivity contribution in [3.63, 3.8) is 0 Å². The first-order chi connectivity index (χ1) is 6.60. The second kappa shape index (κ2) is 4.11. The second-order valence-electron chi connectivity index (χ2n) is 3.31. The van der Waals surface area contributed by atoms with Gasteiger partial charge in [0, 0.05) is 0 Å².